The lowest BCUT2D eigenvalue weighted by atomic mass is 9.97. The van der Waals surface area contributed by atoms with E-state index >= 15 is 0 Å². The van der Waals surface area contributed by atoms with Gasteiger partial charge >= 0.3 is 0 Å². The zero-order chi connectivity index (χ0) is 14.5. The van der Waals surface area contributed by atoms with Crippen molar-refractivity contribution < 1.29 is 4.42 Å². The monoisotopic (exact) mass is 271 g/mol. The van der Waals surface area contributed by atoms with E-state index in [1.807, 2.05) is 13.8 Å². The van der Waals surface area contributed by atoms with Crippen molar-refractivity contribution >= 4 is 0 Å². The third-order valence-corrected chi connectivity index (χ3v) is 3.65. The minimum atomic E-state index is 0.216. The second-order valence-corrected chi connectivity index (χ2v) is 5.35. The molecule has 0 radical (unpaired) electrons. The molecule has 2 aromatic rings. The molecule has 0 saturated heterocycles. The maximum absolute atomic E-state index is 5.69. The molecule has 1 atom stereocenters. The second kappa shape index (κ2) is 6.76. The van der Waals surface area contributed by atoms with Crippen LogP contribution in [0.4, 0.5) is 0 Å². The first-order valence-electron chi connectivity index (χ1n) is 7.54. The van der Waals surface area contributed by atoms with Crippen LogP contribution in [0.5, 0.6) is 0 Å². The summed E-state index contributed by atoms with van der Waals surface area (Å²) in [6.07, 6.45) is 2.34. The van der Waals surface area contributed by atoms with Crippen LogP contribution in [0.15, 0.2) is 34.7 Å². The van der Waals surface area contributed by atoms with Crippen molar-refractivity contribution in [1.82, 2.24) is 5.32 Å². The maximum Gasteiger partial charge on any atom is 0.106 e. The quantitative estimate of drug-likeness (QED) is 0.834. The van der Waals surface area contributed by atoms with E-state index in [2.05, 4.69) is 49.5 Å². The summed E-state index contributed by atoms with van der Waals surface area (Å²) in [5, 5.41) is 3.56. The van der Waals surface area contributed by atoms with Crippen molar-refractivity contribution in [1.29, 1.82) is 0 Å². The van der Waals surface area contributed by atoms with Crippen LogP contribution in [0.3, 0.4) is 0 Å². The molecule has 2 heteroatoms. The number of furan rings is 1. The van der Waals surface area contributed by atoms with Gasteiger partial charge in [0.25, 0.3) is 0 Å². The fourth-order valence-corrected chi connectivity index (χ4v) is 2.71. The summed E-state index contributed by atoms with van der Waals surface area (Å²) in [4.78, 5) is 0. The number of benzene rings is 1. The normalized spacial score (nSPS) is 12.6. The molecule has 1 heterocycles. The molecule has 2 rings (SSSR count). The molecular weight excluding hydrogens is 246 g/mol. The van der Waals surface area contributed by atoms with E-state index in [-0.39, 0.29) is 6.04 Å². The first-order chi connectivity index (χ1) is 9.65. The fraction of sp³-hybridized carbons (Fsp3) is 0.444. The lowest BCUT2D eigenvalue weighted by Gasteiger charge is -2.18. The van der Waals surface area contributed by atoms with Crippen LogP contribution < -0.4 is 5.32 Å². The molecule has 108 valence electrons. The number of nitrogens with one attached hydrogen (secondary N) is 1. The zero-order valence-corrected chi connectivity index (χ0v) is 13.0. The first kappa shape index (κ1) is 14.9. The molecule has 0 aliphatic rings. The molecule has 20 heavy (non-hydrogen) atoms. The Morgan fingerprint density at radius 2 is 1.80 bits per heavy atom. The van der Waals surface area contributed by atoms with Crippen molar-refractivity contribution in [3.05, 3.63) is 58.5 Å². The van der Waals surface area contributed by atoms with Crippen LogP contribution >= 0.6 is 0 Å². The molecule has 1 unspecified atom stereocenters. The van der Waals surface area contributed by atoms with Crippen molar-refractivity contribution in [2.24, 2.45) is 0 Å². The van der Waals surface area contributed by atoms with Gasteiger partial charge in [0.1, 0.15) is 11.5 Å². The summed E-state index contributed by atoms with van der Waals surface area (Å²) in [5.74, 6) is 1.98. The van der Waals surface area contributed by atoms with Gasteiger partial charge < -0.3 is 9.73 Å². The maximum atomic E-state index is 5.69. The molecule has 0 aliphatic carbocycles. The first-order valence-corrected chi connectivity index (χ1v) is 7.54. The van der Waals surface area contributed by atoms with Gasteiger partial charge in [-0.1, -0.05) is 44.5 Å². The van der Waals surface area contributed by atoms with Gasteiger partial charge in [0.15, 0.2) is 0 Å². The van der Waals surface area contributed by atoms with E-state index in [1.165, 1.54) is 23.1 Å². The lowest BCUT2D eigenvalue weighted by Crippen LogP contribution is -2.22. The number of rotatable bonds is 6. The molecule has 2 nitrogen and oxygen atoms in total. The van der Waals surface area contributed by atoms with E-state index in [1.54, 1.807) is 0 Å². The topological polar surface area (TPSA) is 25.2 Å². The Labute approximate surface area is 122 Å². The Morgan fingerprint density at radius 3 is 2.30 bits per heavy atom. The van der Waals surface area contributed by atoms with Crippen molar-refractivity contribution in [3.8, 4) is 0 Å². The van der Waals surface area contributed by atoms with E-state index in [0.717, 1.165) is 24.5 Å². The van der Waals surface area contributed by atoms with Crippen molar-refractivity contribution in [2.75, 3.05) is 6.54 Å². The SMILES string of the molecule is CCCc1ccc(C(NCC)c2cc(C)oc2C)cc1. The average Bonchev–Trinajstić information content (AvgIpc) is 2.76. The van der Waals surface area contributed by atoms with Gasteiger partial charge in [0, 0.05) is 5.56 Å². The molecule has 0 amide bonds. The molecule has 0 saturated carbocycles. The Bertz CT molecular complexity index is 539. The summed E-state index contributed by atoms with van der Waals surface area (Å²) >= 11 is 0. The van der Waals surface area contributed by atoms with E-state index in [4.69, 9.17) is 4.42 Å². The predicted molar refractivity (Wildman–Crippen MR) is 84.1 cm³/mol. The molecule has 0 bridgehead atoms. The van der Waals surface area contributed by atoms with Crippen molar-refractivity contribution in [2.45, 2.75) is 46.6 Å². The van der Waals surface area contributed by atoms with E-state index < -0.39 is 0 Å². The summed E-state index contributed by atoms with van der Waals surface area (Å²) in [5.41, 5.74) is 3.95. The average molecular weight is 271 g/mol. The summed E-state index contributed by atoms with van der Waals surface area (Å²) in [6, 6.07) is 11.3. The Kier molecular flexibility index (Phi) is 5.02. The number of aryl methyl sites for hydroxylation is 3. The Hall–Kier alpha value is -1.54. The smallest absolute Gasteiger partial charge is 0.106 e. The largest absolute Gasteiger partial charge is 0.466 e. The van der Waals surface area contributed by atoms with Gasteiger partial charge in [0.2, 0.25) is 0 Å². The van der Waals surface area contributed by atoms with Gasteiger partial charge in [-0.25, -0.2) is 0 Å². The van der Waals surface area contributed by atoms with Crippen LogP contribution in [0.25, 0.3) is 0 Å². The molecule has 1 aromatic heterocycles. The third-order valence-electron chi connectivity index (χ3n) is 3.65. The second-order valence-electron chi connectivity index (χ2n) is 5.35. The molecule has 1 aromatic carbocycles. The van der Waals surface area contributed by atoms with E-state index in [9.17, 15) is 0 Å². The zero-order valence-electron chi connectivity index (χ0n) is 13.0. The highest BCUT2D eigenvalue weighted by atomic mass is 16.3. The molecule has 0 spiro atoms. The highest BCUT2D eigenvalue weighted by Crippen LogP contribution is 2.27. The minimum absolute atomic E-state index is 0.216. The standard InChI is InChI=1S/C18H25NO/c1-5-7-15-8-10-16(11-9-15)18(19-6-2)17-12-13(3)20-14(17)4/h8-12,18-19H,5-7H2,1-4H3. The Morgan fingerprint density at radius 1 is 1.10 bits per heavy atom. The summed E-state index contributed by atoms with van der Waals surface area (Å²) in [7, 11) is 0. The van der Waals surface area contributed by atoms with Gasteiger partial charge in [-0.2, -0.15) is 0 Å². The van der Waals surface area contributed by atoms with Gasteiger partial charge in [-0.3, -0.25) is 0 Å². The van der Waals surface area contributed by atoms with Crippen LogP contribution in [0, 0.1) is 13.8 Å². The van der Waals surface area contributed by atoms with Gasteiger partial charge in [-0.05, 0) is 44.0 Å². The molecule has 0 aliphatic heterocycles. The van der Waals surface area contributed by atoms with Gasteiger partial charge in [-0.15, -0.1) is 0 Å². The minimum Gasteiger partial charge on any atom is -0.466 e. The lowest BCUT2D eigenvalue weighted by molar-refractivity contribution is 0.495. The summed E-state index contributed by atoms with van der Waals surface area (Å²) in [6.45, 7) is 9.33. The van der Waals surface area contributed by atoms with Gasteiger partial charge in [0.05, 0.1) is 6.04 Å². The number of hydrogen-bond donors (Lipinski definition) is 1. The molecule has 0 fully saturated rings. The number of hydrogen-bond acceptors (Lipinski definition) is 2. The molecular formula is C18H25NO. The van der Waals surface area contributed by atoms with Crippen LogP contribution in [-0.4, -0.2) is 6.54 Å². The highest BCUT2D eigenvalue weighted by Gasteiger charge is 2.18. The highest BCUT2D eigenvalue weighted by molar-refractivity contribution is 5.35. The van der Waals surface area contributed by atoms with Crippen LogP contribution in [0.1, 0.15) is 54.5 Å². The predicted octanol–water partition coefficient (Wildman–Crippen LogP) is 4.55. The fourth-order valence-electron chi connectivity index (χ4n) is 2.71. The molecule has 1 N–H and O–H groups in total. The summed E-state index contributed by atoms with van der Waals surface area (Å²) < 4.78 is 5.69. The third kappa shape index (κ3) is 3.31. The van der Waals surface area contributed by atoms with E-state index in [0.29, 0.717) is 0 Å². The van der Waals surface area contributed by atoms with Crippen LogP contribution in [-0.2, 0) is 6.42 Å². The van der Waals surface area contributed by atoms with Crippen LogP contribution in [0.2, 0.25) is 0 Å². The Balaban J connectivity index is 2.30. The van der Waals surface area contributed by atoms with Crippen molar-refractivity contribution in [3.63, 3.8) is 0 Å².